The smallest absolute Gasteiger partial charge is 0.300 e. The molecule has 0 aliphatic carbocycles. The van der Waals surface area contributed by atoms with Gasteiger partial charge in [-0.25, -0.2) is 0 Å². The zero-order valence-electron chi connectivity index (χ0n) is 9.04. The molecule has 3 nitrogen and oxygen atoms in total. The van der Waals surface area contributed by atoms with Gasteiger partial charge in [-0.15, -0.1) is 0 Å². The van der Waals surface area contributed by atoms with Crippen LogP contribution in [0.2, 0.25) is 0 Å². The van der Waals surface area contributed by atoms with Crippen LogP contribution in [0.15, 0.2) is 28.7 Å². The lowest BCUT2D eigenvalue weighted by Gasteiger charge is -2.06. The van der Waals surface area contributed by atoms with E-state index < -0.39 is 11.5 Å². The van der Waals surface area contributed by atoms with Crippen LogP contribution in [0.1, 0.15) is 13.8 Å². The highest BCUT2D eigenvalue weighted by Crippen LogP contribution is 2.13. The topological polar surface area (TPSA) is 49.3 Å². The van der Waals surface area contributed by atoms with Crippen molar-refractivity contribution in [1.82, 2.24) is 0 Å². The molecule has 0 aliphatic heterocycles. The number of anilines is 1. The summed E-state index contributed by atoms with van der Waals surface area (Å²) in [6.45, 7) is 3.04. The van der Waals surface area contributed by atoms with E-state index in [0.29, 0.717) is 5.69 Å². The minimum absolute atomic E-state index is 0.440. The zero-order valence-corrected chi connectivity index (χ0v) is 10.6. The molecule has 1 rings (SSSR count). The molecule has 0 fully saturated rings. The van der Waals surface area contributed by atoms with Crippen molar-refractivity contribution in [1.29, 1.82) is 0 Å². The van der Waals surface area contributed by atoms with E-state index in [4.69, 9.17) is 0 Å². The maximum Gasteiger partial charge on any atom is 0.300 e. The first-order chi connectivity index (χ1) is 7.37. The molecule has 0 saturated heterocycles. The number of amides is 1. The quantitative estimate of drug-likeness (QED) is 0.775. The van der Waals surface area contributed by atoms with E-state index >= 15 is 0 Å². The summed E-state index contributed by atoms with van der Waals surface area (Å²) in [6.07, 6.45) is 0. The average molecular weight is 282 g/mol. The Morgan fingerprint density at radius 1 is 1.38 bits per heavy atom. The lowest BCUT2D eigenvalue weighted by molar-refractivity contribution is -0.111. The van der Waals surface area contributed by atoms with Crippen molar-refractivity contribution in [2.24, 2.45) is 0 Å². The van der Waals surface area contributed by atoms with Gasteiger partial charge in [0.2, 0.25) is 0 Å². The number of carbonyl (C=O) groups excluding carboxylic acids is 1. The summed E-state index contributed by atoms with van der Waals surface area (Å²) < 4.78 is 0.938. The van der Waals surface area contributed by atoms with E-state index in [0.717, 1.165) is 4.47 Å². The molecule has 16 heavy (non-hydrogen) atoms. The first-order valence-corrected chi connectivity index (χ1v) is 5.48. The summed E-state index contributed by atoms with van der Waals surface area (Å²) in [5, 5.41) is 11.9. The van der Waals surface area contributed by atoms with Gasteiger partial charge < -0.3 is 10.4 Å². The summed E-state index contributed by atoms with van der Waals surface area (Å²) in [4.78, 5) is 11.3. The summed E-state index contributed by atoms with van der Waals surface area (Å²) >= 11 is 3.29. The Kier molecular flexibility index (Phi) is 4.11. The highest BCUT2D eigenvalue weighted by atomic mass is 79.9. The van der Waals surface area contributed by atoms with Gasteiger partial charge >= 0.3 is 0 Å². The van der Waals surface area contributed by atoms with Crippen molar-refractivity contribution in [2.45, 2.75) is 19.4 Å². The molecule has 1 amide bonds. The van der Waals surface area contributed by atoms with Crippen molar-refractivity contribution in [2.75, 3.05) is 5.32 Å². The molecule has 0 atom stereocenters. The minimum Gasteiger partial charge on any atom is -0.378 e. The van der Waals surface area contributed by atoms with Crippen molar-refractivity contribution >= 4 is 27.5 Å². The van der Waals surface area contributed by atoms with Gasteiger partial charge in [-0.1, -0.05) is 21.9 Å². The summed E-state index contributed by atoms with van der Waals surface area (Å²) in [5.41, 5.74) is -0.491. The Morgan fingerprint density at radius 2 is 1.94 bits per heavy atom. The SMILES string of the molecule is CC(C)(O)C#CC(=O)Nc1ccc(Br)cc1. The third-order valence-corrected chi connectivity index (χ3v) is 2.11. The second-order valence-electron chi connectivity index (χ2n) is 3.77. The number of hydrogen-bond acceptors (Lipinski definition) is 2. The number of halogens is 1. The summed E-state index contributed by atoms with van der Waals surface area (Å²) in [6, 6.07) is 7.15. The number of nitrogens with one attached hydrogen (secondary N) is 1. The Hall–Kier alpha value is -1.31. The van der Waals surface area contributed by atoms with Crippen LogP contribution in [0.4, 0.5) is 5.69 Å². The molecular formula is C12H12BrNO2. The van der Waals surface area contributed by atoms with E-state index in [2.05, 4.69) is 33.1 Å². The van der Waals surface area contributed by atoms with E-state index in [1.807, 2.05) is 12.1 Å². The van der Waals surface area contributed by atoms with Crippen LogP contribution in [0.25, 0.3) is 0 Å². The van der Waals surface area contributed by atoms with Gasteiger partial charge in [0.1, 0.15) is 5.60 Å². The zero-order chi connectivity index (χ0) is 12.2. The molecule has 0 radical (unpaired) electrons. The fourth-order valence-corrected chi connectivity index (χ4v) is 1.17. The van der Waals surface area contributed by atoms with Gasteiger partial charge in [0.05, 0.1) is 0 Å². The van der Waals surface area contributed by atoms with Gasteiger partial charge in [-0.2, -0.15) is 0 Å². The monoisotopic (exact) mass is 281 g/mol. The third kappa shape index (κ3) is 4.96. The van der Waals surface area contributed by atoms with Gasteiger partial charge in [0.25, 0.3) is 5.91 Å². The van der Waals surface area contributed by atoms with Crippen molar-refractivity contribution in [3.05, 3.63) is 28.7 Å². The first-order valence-electron chi connectivity index (χ1n) is 4.69. The summed E-state index contributed by atoms with van der Waals surface area (Å²) in [7, 11) is 0. The van der Waals surface area contributed by atoms with E-state index in [1.165, 1.54) is 13.8 Å². The van der Waals surface area contributed by atoms with Crippen LogP contribution in [-0.4, -0.2) is 16.6 Å². The molecule has 84 valence electrons. The van der Waals surface area contributed by atoms with E-state index in [1.54, 1.807) is 12.1 Å². The highest BCUT2D eigenvalue weighted by molar-refractivity contribution is 9.10. The van der Waals surface area contributed by atoms with Crippen LogP contribution >= 0.6 is 15.9 Å². The van der Waals surface area contributed by atoms with Crippen molar-refractivity contribution in [3.63, 3.8) is 0 Å². The molecule has 4 heteroatoms. The van der Waals surface area contributed by atoms with Crippen LogP contribution < -0.4 is 5.32 Å². The number of aliphatic hydroxyl groups is 1. The average Bonchev–Trinajstić information content (AvgIpc) is 2.18. The molecule has 0 saturated carbocycles. The first kappa shape index (κ1) is 12.8. The Morgan fingerprint density at radius 3 is 2.44 bits per heavy atom. The number of rotatable bonds is 1. The van der Waals surface area contributed by atoms with Gasteiger partial charge in [0.15, 0.2) is 0 Å². The highest BCUT2D eigenvalue weighted by Gasteiger charge is 2.07. The predicted molar refractivity (Wildman–Crippen MR) is 66.8 cm³/mol. The van der Waals surface area contributed by atoms with Crippen LogP contribution in [0.5, 0.6) is 0 Å². The minimum atomic E-state index is -1.16. The van der Waals surface area contributed by atoms with E-state index in [9.17, 15) is 9.90 Å². The van der Waals surface area contributed by atoms with Crippen molar-refractivity contribution < 1.29 is 9.90 Å². The van der Waals surface area contributed by atoms with Gasteiger partial charge in [-0.05, 0) is 44.0 Å². The molecule has 0 unspecified atom stereocenters. The van der Waals surface area contributed by atoms with Crippen LogP contribution in [0, 0.1) is 11.8 Å². The molecule has 0 heterocycles. The fraction of sp³-hybridized carbons (Fsp3) is 0.250. The normalized spacial score (nSPS) is 10.2. The predicted octanol–water partition coefficient (Wildman–Crippen LogP) is 2.16. The summed E-state index contributed by atoms with van der Waals surface area (Å²) in [5.74, 6) is 4.32. The largest absolute Gasteiger partial charge is 0.378 e. The molecule has 0 aliphatic rings. The number of hydrogen-bond donors (Lipinski definition) is 2. The van der Waals surface area contributed by atoms with Gasteiger partial charge in [0, 0.05) is 10.2 Å². The molecule has 1 aromatic carbocycles. The second kappa shape index (κ2) is 5.15. The standard InChI is InChI=1S/C12H12BrNO2/c1-12(2,16)8-7-11(15)14-10-5-3-9(13)4-6-10/h3-6,16H,1-2H3,(H,14,15). The molecule has 1 aromatic rings. The van der Waals surface area contributed by atoms with Gasteiger partial charge in [-0.3, -0.25) is 4.79 Å². The Balaban J connectivity index is 2.64. The fourth-order valence-electron chi connectivity index (χ4n) is 0.905. The number of benzene rings is 1. The van der Waals surface area contributed by atoms with Crippen LogP contribution in [0.3, 0.4) is 0 Å². The third-order valence-electron chi connectivity index (χ3n) is 1.58. The molecule has 2 N–H and O–H groups in total. The molecule has 0 spiro atoms. The van der Waals surface area contributed by atoms with Crippen LogP contribution in [-0.2, 0) is 4.79 Å². The lowest BCUT2D eigenvalue weighted by atomic mass is 10.1. The van der Waals surface area contributed by atoms with E-state index in [-0.39, 0.29) is 0 Å². The Bertz CT molecular complexity index is 435. The Labute approximate surface area is 103 Å². The molecule has 0 aromatic heterocycles. The maximum absolute atomic E-state index is 11.3. The second-order valence-corrected chi connectivity index (χ2v) is 4.69. The number of carbonyl (C=O) groups is 1. The molecular weight excluding hydrogens is 270 g/mol. The maximum atomic E-state index is 11.3. The van der Waals surface area contributed by atoms with Crippen molar-refractivity contribution in [3.8, 4) is 11.8 Å². The lowest BCUT2D eigenvalue weighted by Crippen LogP contribution is -2.17. The molecule has 0 bridgehead atoms.